The predicted octanol–water partition coefficient (Wildman–Crippen LogP) is 5.90. The average Bonchev–Trinajstić information content (AvgIpc) is 2.98. The predicted molar refractivity (Wildman–Crippen MR) is 118 cm³/mol. The molecule has 1 aliphatic heterocycles. The number of hydrogen-bond donors (Lipinski definition) is 0. The fourth-order valence-corrected chi connectivity index (χ4v) is 3.92. The molecule has 4 rings (SSSR count). The summed E-state index contributed by atoms with van der Waals surface area (Å²) in [6.07, 6.45) is 1.93. The molecule has 1 aliphatic rings. The van der Waals surface area contributed by atoms with Gasteiger partial charge in [-0.1, -0.05) is 72.3 Å². The molecule has 3 aromatic rings. The number of thioether (sulfide) groups is 1. The summed E-state index contributed by atoms with van der Waals surface area (Å²) in [6, 6.07) is 26.4. The molecule has 3 nitrogen and oxygen atoms in total. The number of likely N-dealkylation sites (N-methyl/N-ethyl adjacent to an activating group) is 1. The van der Waals surface area contributed by atoms with E-state index in [0.717, 1.165) is 16.8 Å². The van der Waals surface area contributed by atoms with Crippen LogP contribution >= 0.6 is 11.8 Å². The smallest absolute Gasteiger partial charge is 0.266 e. The standard InChI is InChI=1S/C24H20N2OS/c1-17-8-12-19(13-9-17)20-14-10-18(11-15-20)16-22-23(27)26(2)24(28-22)25-21-6-4-3-5-7-21/h3-16H,1-2H3/b22-16-,25-24?. The molecule has 0 saturated carbocycles. The fraction of sp³-hybridized carbons (Fsp3) is 0.0833. The maximum Gasteiger partial charge on any atom is 0.266 e. The molecule has 28 heavy (non-hydrogen) atoms. The molecule has 0 aliphatic carbocycles. The van der Waals surface area contributed by atoms with E-state index in [1.807, 2.05) is 48.5 Å². The van der Waals surface area contributed by atoms with Crippen LogP contribution in [0, 0.1) is 6.92 Å². The Balaban J connectivity index is 1.56. The van der Waals surface area contributed by atoms with Crippen molar-refractivity contribution in [2.45, 2.75) is 6.92 Å². The number of amides is 1. The van der Waals surface area contributed by atoms with E-state index in [1.165, 1.54) is 22.9 Å². The zero-order valence-electron chi connectivity index (χ0n) is 15.8. The highest BCUT2D eigenvalue weighted by Crippen LogP contribution is 2.33. The first kappa shape index (κ1) is 18.3. The van der Waals surface area contributed by atoms with Gasteiger partial charge in [0.2, 0.25) is 0 Å². The largest absolute Gasteiger partial charge is 0.290 e. The van der Waals surface area contributed by atoms with Crippen LogP contribution in [0.1, 0.15) is 11.1 Å². The topological polar surface area (TPSA) is 32.7 Å². The van der Waals surface area contributed by atoms with Crippen molar-refractivity contribution in [2.75, 3.05) is 7.05 Å². The number of rotatable bonds is 3. The van der Waals surface area contributed by atoms with Gasteiger partial charge in [-0.2, -0.15) is 0 Å². The van der Waals surface area contributed by atoms with Crippen LogP contribution in [-0.2, 0) is 4.79 Å². The quantitative estimate of drug-likeness (QED) is 0.527. The number of amidine groups is 1. The zero-order chi connectivity index (χ0) is 19.5. The van der Waals surface area contributed by atoms with Crippen LogP contribution < -0.4 is 0 Å². The third-order valence-electron chi connectivity index (χ3n) is 4.58. The van der Waals surface area contributed by atoms with Crippen LogP contribution in [0.25, 0.3) is 17.2 Å². The van der Waals surface area contributed by atoms with Gasteiger partial charge in [-0.25, -0.2) is 4.99 Å². The van der Waals surface area contributed by atoms with Gasteiger partial charge in [0.25, 0.3) is 5.91 Å². The summed E-state index contributed by atoms with van der Waals surface area (Å²) in [6.45, 7) is 2.09. The SMILES string of the molecule is Cc1ccc(-c2ccc(/C=C3\SC(=Nc4ccccc4)N(C)C3=O)cc2)cc1. The van der Waals surface area contributed by atoms with Gasteiger partial charge < -0.3 is 0 Å². The Morgan fingerprint density at radius 3 is 2.11 bits per heavy atom. The van der Waals surface area contributed by atoms with Crippen LogP contribution in [0.5, 0.6) is 0 Å². The molecule has 1 heterocycles. The molecular weight excluding hydrogens is 364 g/mol. The number of carbonyl (C=O) groups is 1. The van der Waals surface area contributed by atoms with Crippen molar-refractivity contribution in [3.63, 3.8) is 0 Å². The van der Waals surface area contributed by atoms with Crippen molar-refractivity contribution in [3.8, 4) is 11.1 Å². The van der Waals surface area contributed by atoms with Gasteiger partial charge >= 0.3 is 0 Å². The van der Waals surface area contributed by atoms with Gasteiger partial charge in [0.1, 0.15) is 0 Å². The minimum absolute atomic E-state index is 0.0257. The lowest BCUT2D eigenvalue weighted by Crippen LogP contribution is -2.23. The minimum atomic E-state index is -0.0257. The van der Waals surface area contributed by atoms with Gasteiger partial charge in [0, 0.05) is 7.05 Å². The van der Waals surface area contributed by atoms with Gasteiger partial charge in [0.15, 0.2) is 5.17 Å². The van der Waals surface area contributed by atoms with E-state index in [1.54, 1.807) is 11.9 Å². The lowest BCUT2D eigenvalue weighted by molar-refractivity contribution is -0.121. The third-order valence-corrected chi connectivity index (χ3v) is 5.64. The lowest BCUT2D eigenvalue weighted by atomic mass is 10.0. The maximum absolute atomic E-state index is 12.6. The van der Waals surface area contributed by atoms with Crippen LogP contribution in [0.4, 0.5) is 5.69 Å². The molecule has 138 valence electrons. The zero-order valence-corrected chi connectivity index (χ0v) is 16.6. The number of aliphatic imine (C=N–C) groups is 1. The molecule has 1 fully saturated rings. The van der Waals surface area contributed by atoms with Gasteiger partial charge in [-0.05, 0) is 53.6 Å². The second-order valence-corrected chi connectivity index (χ2v) is 7.70. The Kier molecular flexibility index (Phi) is 5.13. The van der Waals surface area contributed by atoms with Gasteiger partial charge in [-0.15, -0.1) is 0 Å². The summed E-state index contributed by atoms with van der Waals surface area (Å²) in [5.74, 6) is -0.0257. The van der Waals surface area contributed by atoms with Crippen LogP contribution in [0.15, 0.2) is 88.8 Å². The number of aryl methyl sites for hydroxylation is 1. The van der Waals surface area contributed by atoms with E-state index in [0.29, 0.717) is 10.1 Å². The molecule has 1 saturated heterocycles. The molecule has 1 amide bonds. The Hall–Kier alpha value is -3.11. The van der Waals surface area contributed by atoms with E-state index in [9.17, 15) is 4.79 Å². The van der Waals surface area contributed by atoms with E-state index in [-0.39, 0.29) is 5.91 Å². The molecule has 0 unspecified atom stereocenters. The first-order valence-corrected chi connectivity index (χ1v) is 9.90. The lowest BCUT2D eigenvalue weighted by Gasteiger charge is -2.06. The fourth-order valence-electron chi connectivity index (χ4n) is 2.93. The number of para-hydroxylation sites is 1. The van der Waals surface area contributed by atoms with Crippen molar-refractivity contribution < 1.29 is 4.79 Å². The summed E-state index contributed by atoms with van der Waals surface area (Å²) in [5, 5.41) is 0.693. The van der Waals surface area contributed by atoms with Crippen LogP contribution in [0.3, 0.4) is 0 Å². The van der Waals surface area contributed by atoms with Crippen molar-refractivity contribution in [2.24, 2.45) is 4.99 Å². The first-order chi connectivity index (χ1) is 13.6. The molecule has 0 aromatic heterocycles. The Bertz CT molecular complexity index is 1050. The second-order valence-electron chi connectivity index (χ2n) is 6.69. The first-order valence-electron chi connectivity index (χ1n) is 9.08. The normalized spacial score (nSPS) is 16.9. The Labute approximate surface area is 169 Å². The molecular formula is C24H20N2OS. The number of hydrogen-bond acceptors (Lipinski definition) is 3. The summed E-state index contributed by atoms with van der Waals surface area (Å²) >= 11 is 1.41. The highest BCUT2D eigenvalue weighted by molar-refractivity contribution is 8.18. The number of carbonyl (C=O) groups excluding carboxylic acids is 1. The third kappa shape index (κ3) is 3.92. The van der Waals surface area contributed by atoms with Crippen LogP contribution in [0.2, 0.25) is 0 Å². The maximum atomic E-state index is 12.6. The van der Waals surface area contributed by atoms with E-state index in [2.05, 4.69) is 48.3 Å². The summed E-state index contributed by atoms with van der Waals surface area (Å²) in [7, 11) is 1.76. The van der Waals surface area contributed by atoms with Crippen molar-refractivity contribution >= 4 is 34.6 Å². The Morgan fingerprint density at radius 1 is 0.857 bits per heavy atom. The number of benzene rings is 3. The van der Waals surface area contributed by atoms with E-state index >= 15 is 0 Å². The summed E-state index contributed by atoms with van der Waals surface area (Å²) < 4.78 is 0. The Morgan fingerprint density at radius 2 is 1.46 bits per heavy atom. The van der Waals surface area contributed by atoms with Crippen LogP contribution in [-0.4, -0.2) is 23.0 Å². The van der Waals surface area contributed by atoms with E-state index < -0.39 is 0 Å². The molecule has 0 spiro atoms. The molecule has 4 heteroatoms. The van der Waals surface area contributed by atoms with E-state index in [4.69, 9.17) is 0 Å². The molecule has 0 radical (unpaired) electrons. The van der Waals surface area contributed by atoms with Crippen molar-refractivity contribution in [3.05, 3.63) is 94.9 Å². The summed E-state index contributed by atoms with van der Waals surface area (Å²) in [4.78, 5) is 19.5. The minimum Gasteiger partial charge on any atom is -0.290 e. The molecule has 3 aromatic carbocycles. The van der Waals surface area contributed by atoms with Gasteiger partial charge in [0.05, 0.1) is 10.6 Å². The number of nitrogens with zero attached hydrogens (tertiary/aromatic N) is 2. The average molecular weight is 385 g/mol. The monoisotopic (exact) mass is 384 g/mol. The highest BCUT2D eigenvalue weighted by atomic mass is 32.2. The highest BCUT2D eigenvalue weighted by Gasteiger charge is 2.30. The van der Waals surface area contributed by atoms with Gasteiger partial charge in [-0.3, -0.25) is 9.69 Å². The molecule has 0 N–H and O–H groups in total. The molecule has 0 bridgehead atoms. The van der Waals surface area contributed by atoms with Crippen molar-refractivity contribution in [1.82, 2.24) is 4.90 Å². The summed E-state index contributed by atoms with van der Waals surface area (Å²) in [5.41, 5.74) is 5.44. The van der Waals surface area contributed by atoms with Crippen molar-refractivity contribution in [1.29, 1.82) is 0 Å². The second kappa shape index (κ2) is 7.87. The molecule has 0 atom stereocenters.